The van der Waals surface area contributed by atoms with Gasteiger partial charge in [0.1, 0.15) is 0 Å². The van der Waals surface area contributed by atoms with Crippen LogP contribution in [0.2, 0.25) is 0 Å². The van der Waals surface area contributed by atoms with E-state index in [1.165, 1.54) is 19.4 Å². The highest BCUT2D eigenvalue weighted by molar-refractivity contribution is 4.94. The van der Waals surface area contributed by atoms with Crippen LogP contribution in [0.25, 0.3) is 0 Å². The summed E-state index contributed by atoms with van der Waals surface area (Å²) in [7, 11) is 4.39. The molecule has 0 aliphatic carbocycles. The molecule has 0 spiro atoms. The van der Waals surface area contributed by atoms with E-state index in [0.717, 1.165) is 0 Å². The summed E-state index contributed by atoms with van der Waals surface area (Å²) in [5.74, 6) is 0. The Kier molecular flexibility index (Phi) is 2.75. The second-order valence-electron chi connectivity index (χ2n) is 5.45. The first-order valence-corrected chi connectivity index (χ1v) is 5.24. The summed E-state index contributed by atoms with van der Waals surface area (Å²) in [6, 6.07) is 0. The maximum atomic E-state index is 2.39. The summed E-state index contributed by atoms with van der Waals surface area (Å²) in [6.45, 7) is 10.6. The molecule has 2 heteroatoms. The molecule has 0 N–H and O–H groups in total. The molecule has 78 valence electrons. The minimum atomic E-state index is 0.248. The molecule has 1 aliphatic rings. The van der Waals surface area contributed by atoms with Gasteiger partial charge in [0.15, 0.2) is 0 Å². The summed E-state index contributed by atoms with van der Waals surface area (Å²) >= 11 is 0. The van der Waals surface area contributed by atoms with Crippen LogP contribution in [-0.2, 0) is 0 Å². The molecule has 1 heterocycles. The molecule has 0 bridgehead atoms. The van der Waals surface area contributed by atoms with E-state index in [0.29, 0.717) is 5.41 Å². The highest BCUT2D eigenvalue weighted by Crippen LogP contribution is 2.41. The fraction of sp³-hybridized carbons (Fsp3) is 1.00. The molecule has 0 aromatic carbocycles. The molecule has 13 heavy (non-hydrogen) atoms. The predicted molar refractivity (Wildman–Crippen MR) is 57.5 cm³/mol. The van der Waals surface area contributed by atoms with Crippen LogP contribution in [0.4, 0.5) is 0 Å². The Morgan fingerprint density at radius 2 is 1.54 bits per heavy atom. The monoisotopic (exact) mass is 184 g/mol. The lowest BCUT2D eigenvalue weighted by Gasteiger charge is -2.48. The Morgan fingerprint density at radius 3 is 2.08 bits per heavy atom. The standard InChI is InChI=1S/C11H24N2/c1-10(2)8-7-9-12(5)13(6)11(10,3)4/h7-9H2,1-6H3. The first-order chi connectivity index (χ1) is 5.79. The second kappa shape index (κ2) is 3.25. The van der Waals surface area contributed by atoms with Crippen LogP contribution in [0.3, 0.4) is 0 Å². The molecule has 1 saturated heterocycles. The molecule has 0 aromatic heterocycles. The third-order valence-electron chi connectivity index (χ3n) is 4.26. The van der Waals surface area contributed by atoms with Gasteiger partial charge in [-0.3, -0.25) is 0 Å². The molecule has 1 rings (SSSR count). The van der Waals surface area contributed by atoms with Gasteiger partial charge in [-0.2, -0.15) is 0 Å². The summed E-state index contributed by atoms with van der Waals surface area (Å²) in [5, 5.41) is 4.73. The van der Waals surface area contributed by atoms with Gasteiger partial charge in [0.25, 0.3) is 0 Å². The fourth-order valence-corrected chi connectivity index (χ4v) is 2.07. The van der Waals surface area contributed by atoms with E-state index in [4.69, 9.17) is 0 Å². The molecule has 0 atom stereocenters. The minimum Gasteiger partial charge on any atom is -0.245 e. The number of nitrogens with zero attached hydrogens (tertiary/aromatic N) is 2. The van der Waals surface area contributed by atoms with E-state index in [2.05, 4.69) is 51.8 Å². The van der Waals surface area contributed by atoms with Crippen LogP contribution in [0.1, 0.15) is 40.5 Å². The van der Waals surface area contributed by atoms with Gasteiger partial charge < -0.3 is 0 Å². The maximum Gasteiger partial charge on any atom is 0.0348 e. The summed E-state index contributed by atoms with van der Waals surface area (Å²) in [6.07, 6.45) is 2.62. The zero-order valence-corrected chi connectivity index (χ0v) is 10.0. The van der Waals surface area contributed by atoms with Gasteiger partial charge in [0.05, 0.1) is 0 Å². The lowest BCUT2D eigenvalue weighted by molar-refractivity contribution is -0.0890. The second-order valence-corrected chi connectivity index (χ2v) is 5.45. The van der Waals surface area contributed by atoms with Crippen molar-refractivity contribution in [2.75, 3.05) is 20.6 Å². The van der Waals surface area contributed by atoms with Crippen LogP contribution in [0, 0.1) is 5.41 Å². The largest absolute Gasteiger partial charge is 0.245 e. The number of hydrogen-bond donors (Lipinski definition) is 0. The third-order valence-corrected chi connectivity index (χ3v) is 4.26. The Morgan fingerprint density at radius 1 is 1.00 bits per heavy atom. The highest BCUT2D eigenvalue weighted by atomic mass is 15.6. The van der Waals surface area contributed by atoms with Crippen molar-refractivity contribution in [3.8, 4) is 0 Å². The number of hydrazine groups is 1. The first kappa shape index (κ1) is 11.0. The van der Waals surface area contributed by atoms with E-state index in [1.807, 2.05) is 0 Å². The number of rotatable bonds is 0. The molecule has 2 nitrogen and oxygen atoms in total. The molecular weight excluding hydrogens is 160 g/mol. The smallest absolute Gasteiger partial charge is 0.0348 e. The van der Waals surface area contributed by atoms with Crippen molar-refractivity contribution in [2.45, 2.75) is 46.1 Å². The summed E-state index contributed by atoms with van der Waals surface area (Å²) in [5.41, 5.74) is 0.644. The maximum absolute atomic E-state index is 2.39. The van der Waals surface area contributed by atoms with Crippen molar-refractivity contribution in [2.24, 2.45) is 5.41 Å². The van der Waals surface area contributed by atoms with Gasteiger partial charge in [-0.15, -0.1) is 0 Å². The zero-order valence-electron chi connectivity index (χ0n) is 10.0. The number of hydrogen-bond acceptors (Lipinski definition) is 2. The van der Waals surface area contributed by atoms with Gasteiger partial charge in [0, 0.05) is 26.2 Å². The predicted octanol–water partition coefficient (Wildman–Crippen LogP) is 2.36. The van der Waals surface area contributed by atoms with Crippen LogP contribution in [0.15, 0.2) is 0 Å². The van der Waals surface area contributed by atoms with Crippen LogP contribution >= 0.6 is 0 Å². The van der Waals surface area contributed by atoms with Gasteiger partial charge in [-0.25, -0.2) is 10.0 Å². The Hall–Kier alpha value is -0.0800. The van der Waals surface area contributed by atoms with Crippen LogP contribution < -0.4 is 0 Å². The van der Waals surface area contributed by atoms with Gasteiger partial charge in [-0.1, -0.05) is 13.8 Å². The summed E-state index contributed by atoms with van der Waals surface area (Å²) < 4.78 is 0. The van der Waals surface area contributed by atoms with Crippen LogP contribution in [-0.4, -0.2) is 36.2 Å². The van der Waals surface area contributed by atoms with E-state index in [9.17, 15) is 0 Å². The molecular formula is C11H24N2. The van der Waals surface area contributed by atoms with Crippen LogP contribution in [0.5, 0.6) is 0 Å². The average Bonchev–Trinajstić information content (AvgIpc) is 2.05. The lowest BCUT2D eigenvalue weighted by atomic mass is 9.71. The van der Waals surface area contributed by atoms with Crippen molar-refractivity contribution < 1.29 is 0 Å². The topological polar surface area (TPSA) is 6.48 Å². The van der Waals surface area contributed by atoms with Crippen molar-refractivity contribution in [3.63, 3.8) is 0 Å². The lowest BCUT2D eigenvalue weighted by Crippen LogP contribution is -2.55. The first-order valence-electron chi connectivity index (χ1n) is 5.24. The third kappa shape index (κ3) is 1.75. The van der Waals surface area contributed by atoms with Gasteiger partial charge in [-0.05, 0) is 32.1 Å². The van der Waals surface area contributed by atoms with Crippen molar-refractivity contribution in [1.82, 2.24) is 10.0 Å². The van der Waals surface area contributed by atoms with E-state index in [-0.39, 0.29) is 5.54 Å². The molecule has 1 aliphatic heterocycles. The Balaban J connectivity index is 2.94. The SMILES string of the molecule is CN1CCCC(C)(C)C(C)(C)N1C. The molecule has 0 unspecified atom stereocenters. The van der Waals surface area contributed by atoms with Gasteiger partial charge in [0.2, 0.25) is 0 Å². The minimum absolute atomic E-state index is 0.248. The zero-order chi connectivity index (χ0) is 10.3. The normalized spacial score (nSPS) is 30.0. The van der Waals surface area contributed by atoms with Gasteiger partial charge >= 0.3 is 0 Å². The van der Waals surface area contributed by atoms with Crippen molar-refractivity contribution in [3.05, 3.63) is 0 Å². The van der Waals surface area contributed by atoms with Crippen molar-refractivity contribution in [1.29, 1.82) is 0 Å². The quantitative estimate of drug-likeness (QED) is 0.570. The molecule has 0 amide bonds. The van der Waals surface area contributed by atoms with E-state index < -0.39 is 0 Å². The fourth-order valence-electron chi connectivity index (χ4n) is 2.07. The van der Waals surface area contributed by atoms with E-state index >= 15 is 0 Å². The summed E-state index contributed by atoms with van der Waals surface area (Å²) in [4.78, 5) is 0. The average molecular weight is 184 g/mol. The molecule has 0 saturated carbocycles. The van der Waals surface area contributed by atoms with E-state index in [1.54, 1.807) is 0 Å². The van der Waals surface area contributed by atoms with Crippen molar-refractivity contribution >= 4 is 0 Å². The Bertz CT molecular complexity index is 185. The molecule has 0 radical (unpaired) electrons. The Labute approximate surface area is 82.9 Å². The molecule has 0 aromatic rings. The highest BCUT2D eigenvalue weighted by Gasteiger charge is 2.42. The molecule has 1 fully saturated rings.